The summed E-state index contributed by atoms with van der Waals surface area (Å²) in [4.78, 5) is 11.6. The molecular weight excluding hydrogens is 256 g/mol. The van der Waals surface area contributed by atoms with Crippen molar-refractivity contribution in [3.8, 4) is 11.7 Å². The van der Waals surface area contributed by atoms with Gasteiger partial charge in [0.2, 0.25) is 0 Å². The van der Waals surface area contributed by atoms with Gasteiger partial charge in [-0.2, -0.15) is 4.68 Å². The molecule has 0 N–H and O–H groups in total. The number of rotatable bonds is 4. The molecule has 1 aromatic carbocycles. The zero-order valence-electron chi connectivity index (χ0n) is 10.6. The quantitative estimate of drug-likeness (QED) is 0.730. The molecule has 3 rings (SSSR count). The second kappa shape index (κ2) is 5.44. The molecule has 0 saturated heterocycles. The van der Waals surface area contributed by atoms with Crippen LogP contribution in [0.4, 0.5) is 0 Å². The first-order chi connectivity index (χ1) is 9.83. The van der Waals surface area contributed by atoms with Crippen LogP contribution in [0.15, 0.2) is 68.4 Å². The molecule has 0 atom stereocenters. The summed E-state index contributed by atoms with van der Waals surface area (Å²) in [7, 11) is 0. The molecule has 2 heterocycles. The summed E-state index contributed by atoms with van der Waals surface area (Å²) >= 11 is 0. The normalized spacial score (nSPS) is 11.2. The summed E-state index contributed by atoms with van der Waals surface area (Å²) in [5, 5.41) is 4.08. The molecule has 0 aliphatic rings. The topological polar surface area (TPSA) is 61.2 Å². The Morgan fingerprint density at radius 2 is 2.00 bits per heavy atom. The maximum absolute atomic E-state index is 11.6. The standard InChI is InChI=1S/C15H12N2O3/c18-15-17(10-4-8-12-6-2-1-3-7-12)16-14(20-15)13-9-5-11-19-13/h1-9,11H,10H2/b8-4+. The SMILES string of the molecule is O=c1oc(-c2ccco2)nn1C/C=C/c1ccccc1. The number of hydrogen-bond donors (Lipinski definition) is 0. The first-order valence-electron chi connectivity index (χ1n) is 6.16. The average molecular weight is 268 g/mol. The lowest BCUT2D eigenvalue weighted by Gasteiger charge is -1.92. The van der Waals surface area contributed by atoms with Gasteiger partial charge in [-0.05, 0) is 17.7 Å². The van der Waals surface area contributed by atoms with E-state index < -0.39 is 5.76 Å². The van der Waals surface area contributed by atoms with Gasteiger partial charge in [0, 0.05) is 0 Å². The van der Waals surface area contributed by atoms with Gasteiger partial charge in [-0.15, -0.1) is 5.10 Å². The first kappa shape index (κ1) is 12.2. The predicted octanol–water partition coefficient (Wildman–Crippen LogP) is 2.81. The van der Waals surface area contributed by atoms with E-state index in [9.17, 15) is 4.79 Å². The van der Waals surface area contributed by atoms with E-state index in [2.05, 4.69) is 5.10 Å². The molecule has 20 heavy (non-hydrogen) atoms. The molecule has 0 aliphatic carbocycles. The predicted molar refractivity (Wildman–Crippen MR) is 73.9 cm³/mol. The van der Waals surface area contributed by atoms with E-state index in [1.165, 1.54) is 10.9 Å². The van der Waals surface area contributed by atoms with Crippen LogP contribution >= 0.6 is 0 Å². The molecule has 0 radical (unpaired) electrons. The smallest absolute Gasteiger partial charge is 0.437 e. The van der Waals surface area contributed by atoms with E-state index in [-0.39, 0.29) is 5.89 Å². The van der Waals surface area contributed by atoms with Gasteiger partial charge in [0.25, 0.3) is 5.89 Å². The Morgan fingerprint density at radius 3 is 2.75 bits per heavy atom. The summed E-state index contributed by atoms with van der Waals surface area (Å²) in [5.74, 6) is 0.120. The second-order valence-corrected chi connectivity index (χ2v) is 4.15. The molecule has 0 saturated carbocycles. The van der Waals surface area contributed by atoms with Gasteiger partial charge >= 0.3 is 5.76 Å². The van der Waals surface area contributed by atoms with Crippen LogP contribution in [0.2, 0.25) is 0 Å². The fourth-order valence-corrected chi connectivity index (χ4v) is 1.77. The Hall–Kier alpha value is -2.82. The molecular formula is C15H12N2O3. The van der Waals surface area contributed by atoms with Crippen LogP contribution in [0.5, 0.6) is 0 Å². The van der Waals surface area contributed by atoms with E-state index in [0.29, 0.717) is 12.3 Å². The zero-order chi connectivity index (χ0) is 13.8. The van der Waals surface area contributed by atoms with E-state index in [4.69, 9.17) is 8.83 Å². The lowest BCUT2D eigenvalue weighted by Crippen LogP contribution is -2.14. The van der Waals surface area contributed by atoms with Gasteiger partial charge in [0.05, 0.1) is 12.8 Å². The van der Waals surface area contributed by atoms with Gasteiger partial charge < -0.3 is 8.83 Å². The highest BCUT2D eigenvalue weighted by Gasteiger charge is 2.11. The lowest BCUT2D eigenvalue weighted by atomic mass is 10.2. The largest absolute Gasteiger partial charge is 0.459 e. The van der Waals surface area contributed by atoms with Gasteiger partial charge in [0.1, 0.15) is 0 Å². The minimum atomic E-state index is -0.505. The van der Waals surface area contributed by atoms with Crippen LogP contribution in [0.3, 0.4) is 0 Å². The van der Waals surface area contributed by atoms with Crippen molar-refractivity contribution in [3.63, 3.8) is 0 Å². The molecule has 0 unspecified atom stereocenters. The van der Waals surface area contributed by atoms with Crippen LogP contribution in [-0.4, -0.2) is 9.78 Å². The van der Waals surface area contributed by atoms with Crippen molar-refractivity contribution >= 4 is 6.08 Å². The highest BCUT2D eigenvalue weighted by Crippen LogP contribution is 2.14. The molecule has 0 spiro atoms. The summed E-state index contributed by atoms with van der Waals surface area (Å²) in [6.45, 7) is 0.345. The van der Waals surface area contributed by atoms with E-state index in [0.717, 1.165) is 5.56 Å². The molecule has 2 aromatic heterocycles. The number of nitrogens with zero attached hydrogens (tertiary/aromatic N) is 2. The van der Waals surface area contributed by atoms with Gasteiger partial charge in [-0.3, -0.25) is 0 Å². The summed E-state index contributed by atoms with van der Waals surface area (Å²) in [6, 6.07) is 13.2. The van der Waals surface area contributed by atoms with Crippen LogP contribution < -0.4 is 5.76 Å². The van der Waals surface area contributed by atoms with E-state index >= 15 is 0 Å². The third-order valence-corrected chi connectivity index (χ3v) is 2.73. The van der Waals surface area contributed by atoms with E-state index in [1.54, 1.807) is 12.1 Å². The Labute approximate surface area is 114 Å². The summed E-state index contributed by atoms with van der Waals surface area (Å²) in [6.07, 6.45) is 5.28. The molecule has 0 amide bonds. The molecule has 100 valence electrons. The van der Waals surface area contributed by atoms with Crippen LogP contribution in [-0.2, 0) is 6.54 Å². The highest BCUT2D eigenvalue weighted by atomic mass is 16.4. The summed E-state index contributed by atoms with van der Waals surface area (Å²) < 4.78 is 11.4. The fraction of sp³-hybridized carbons (Fsp3) is 0.0667. The third-order valence-electron chi connectivity index (χ3n) is 2.73. The van der Waals surface area contributed by atoms with Gasteiger partial charge in [-0.25, -0.2) is 4.79 Å². The Bertz CT molecular complexity index is 752. The van der Waals surface area contributed by atoms with Crippen molar-refractivity contribution in [3.05, 3.63) is 70.9 Å². The molecule has 0 aliphatic heterocycles. The van der Waals surface area contributed by atoms with Crippen molar-refractivity contribution < 1.29 is 8.83 Å². The first-order valence-corrected chi connectivity index (χ1v) is 6.16. The van der Waals surface area contributed by atoms with Crippen molar-refractivity contribution in [2.24, 2.45) is 0 Å². The monoisotopic (exact) mass is 268 g/mol. The van der Waals surface area contributed by atoms with Crippen molar-refractivity contribution in [1.29, 1.82) is 0 Å². The number of aromatic nitrogens is 2. The van der Waals surface area contributed by atoms with Gasteiger partial charge in [0.15, 0.2) is 5.76 Å². The minimum absolute atomic E-state index is 0.188. The van der Waals surface area contributed by atoms with Crippen LogP contribution in [0, 0.1) is 0 Å². The number of benzene rings is 1. The van der Waals surface area contributed by atoms with Crippen molar-refractivity contribution in [1.82, 2.24) is 9.78 Å². The number of hydrogen-bond acceptors (Lipinski definition) is 4. The van der Waals surface area contributed by atoms with Gasteiger partial charge in [-0.1, -0.05) is 42.5 Å². The minimum Gasteiger partial charge on any atom is -0.459 e. The zero-order valence-corrected chi connectivity index (χ0v) is 10.6. The van der Waals surface area contributed by atoms with E-state index in [1.807, 2.05) is 42.5 Å². The van der Waals surface area contributed by atoms with Crippen LogP contribution in [0.1, 0.15) is 5.56 Å². The molecule has 3 aromatic rings. The molecule has 0 bridgehead atoms. The summed E-state index contributed by atoms with van der Waals surface area (Å²) in [5.41, 5.74) is 1.07. The fourth-order valence-electron chi connectivity index (χ4n) is 1.77. The lowest BCUT2D eigenvalue weighted by molar-refractivity contribution is 0.478. The maximum atomic E-state index is 11.6. The Kier molecular flexibility index (Phi) is 3.33. The Morgan fingerprint density at radius 1 is 1.15 bits per heavy atom. The second-order valence-electron chi connectivity index (χ2n) is 4.15. The van der Waals surface area contributed by atoms with Crippen LogP contribution in [0.25, 0.3) is 17.7 Å². The molecule has 5 nitrogen and oxygen atoms in total. The molecule has 5 heteroatoms. The van der Waals surface area contributed by atoms with Crippen molar-refractivity contribution in [2.75, 3.05) is 0 Å². The Balaban J connectivity index is 1.75. The maximum Gasteiger partial charge on any atom is 0.437 e. The highest BCUT2D eigenvalue weighted by molar-refractivity contribution is 5.48. The third kappa shape index (κ3) is 2.61. The average Bonchev–Trinajstić information content (AvgIpc) is 3.10. The van der Waals surface area contributed by atoms with Crippen molar-refractivity contribution in [2.45, 2.75) is 6.54 Å². The number of furan rings is 1. The molecule has 0 fully saturated rings. The number of allylic oxidation sites excluding steroid dienone is 1.